The third-order valence-electron chi connectivity index (χ3n) is 3.95. The van der Waals surface area contributed by atoms with Gasteiger partial charge in [0.2, 0.25) is 0 Å². The van der Waals surface area contributed by atoms with Gasteiger partial charge in [-0.3, -0.25) is 4.79 Å². The van der Waals surface area contributed by atoms with Crippen molar-refractivity contribution in [3.05, 3.63) is 0 Å². The molecule has 114 valence electrons. The van der Waals surface area contributed by atoms with E-state index in [9.17, 15) is 9.90 Å². The van der Waals surface area contributed by atoms with Gasteiger partial charge in [0, 0.05) is 12.1 Å². The van der Waals surface area contributed by atoms with Gasteiger partial charge in [-0.05, 0) is 53.1 Å². The molecule has 0 spiro atoms. The van der Waals surface area contributed by atoms with Crippen LogP contribution in [0.1, 0.15) is 54.4 Å². The monoisotopic (exact) mass is 272 g/mol. The molecule has 2 N–H and O–H groups in total. The molecule has 0 amide bonds. The van der Waals surface area contributed by atoms with Crippen LogP contribution in [0.5, 0.6) is 0 Å². The van der Waals surface area contributed by atoms with Crippen LogP contribution in [-0.4, -0.2) is 47.2 Å². The molecule has 0 saturated carbocycles. The Bertz CT molecular complexity index is 281. The molecule has 0 aromatic rings. The topological polar surface area (TPSA) is 52.6 Å². The molecule has 3 atom stereocenters. The molecule has 0 rings (SSSR count). The zero-order valence-electron chi connectivity index (χ0n) is 13.7. The summed E-state index contributed by atoms with van der Waals surface area (Å²) in [7, 11) is 2.09. The number of carboxylic acids is 1. The van der Waals surface area contributed by atoms with E-state index in [0.29, 0.717) is 24.9 Å². The summed E-state index contributed by atoms with van der Waals surface area (Å²) < 4.78 is 0. The van der Waals surface area contributed by atoms with Gasteiger partial charge < -0.3 is 15.3 Å². The quantitative estimate of drug-likeness (QED) is 0.677. The van der Waals surface area contributed by atoms with Gasteiger partial charge in [-0.1, -0.05) is 20.8 Å². The van der Waals surface area contributed by atoms with Crippen LogP contribution in [-0.2, 0) is 4.79 Å². The van der Waals surface area contributed by atoms with E-state index >= 15 is 0 Å². The van der Waals surface area contributed by atoms with E-state index in [1.807, 2.05) is 6.92 Å². The molecule has 0 fully saturated rings. The first kappa shape index (κ1) is 18.4. The van der Waals surface area contributed by atoms with Crippen molar-refractivity contribution in [1.29, 1.82) is 0 Å². The second-order valence-corrected chi connectivity index (χ2v) is 6.36. The fourth-order valence-corrected chi connectivity index (χ4v) is 2.64. The van der Waals surface area contributed by atoms with Crippen LogP contribution in [0.3, 0.4) is 0 Å². The highest BCUT2D eigenvalue weighted by molar-refractivity contribution is 5.78. The molecule has 0 saturated heterocycles. The summed E-state index contributed by atoms with van der Waals surface area (Å²) in [6, 6.07) is 0.698. The fraction of sp³-hybridized carbons (Fsp3) is 0.933. The maximum Gasteiger partial charge on any atom is 0.323 e. The van der Waals surface area contributed by atoms with Crippen molar-refractivity contribution in [2.45, 2.75) is 72.0 Å². The predicted octanol–water partition coefficient (Wildman–Crippen LogP) is 2.58. The van der Waals surface area contributed by atoms with E-state index < -0.39 is 11.5 Å². The third kappa shape index (κ3) is 5.91. The van der Waals surface area contributed by atoms with Crippen LogP contribution in [0.15, 0.2) is 0 Å². The van der Waals surface area contributed by atoms with E-state index in [1.165, 1.54) is 0 Å². The first-order chi connectivity index (χ1) is 8.64. The molecular formula is C15H32N2O2. The highest BCUT2D eigenvalue weighted by atomic mass is 16.4. The Morgan fingerprint density at radius 3 is 2.16 bits per heavy atom. The average molecular weight is 272 g/mol. The van der Waals surface area contributed by atoms with Crippen LogP contribution in [0.25, 0.3) is 0 Å². The van der Waals surface area contributed by atoms with Crippen molar-refractivity contribution in [3.8, 4) is 0 Å². The number of rotatable bonds is 9. The summed E-state index contributed by atoms with van der Waals surface area (Å²) in [5.41, 5.74) is -0.847. The molecule has 19 heavy (non-hydrogen) atoms. The lowest BCUT2D eigenvalue weighted by Crippen LogP contribution is -2.54. The van der Waals surface area contributed by atoms with Crippen LogP contribution in [0.2, 0.25) is 0 Å². The zero-order valence-corrected chi connectivity index (χ0v) is 13.7. The van der Waals surface area contributed by atoms with E-state index in [-0.39, 0.29) is 6.04 Å². The SMILES string of the molecule is CCNC(C)(CC(C)N(C)C(C)CC(C)C)C(=O)O. The van der Waals surface area contributed by atoms with Gasteiger partial charge in [-0.25, -0.2) is 0 Å². The van der Waals surface area contributed by atoms with Gasteiger partial charge in [0.05, 0.1) is 0 Å². The Balaban J connectivity index is 4.63. The number of carbonyl (C=O) groups is 1. The van der Waals surface area contributed by atoms with Crippen LogP contribution < -0.4 is 5.32 Å². The Labute approximate surface area is 118 Å². The molecule has 0 aromatic heterocycles. The number of nitrogens with zero attached hydrogens (tertiary/aromatic N) is 1. The number of aliphatic carboxylic acids is 1. The first-order valence-corrected chi connectivity index (χ1v) is 7.34. The standard InChI is InChI=1S/C15H32N2O2/c1-8-16-15(6,14(18)19)10-13(5)17(7)12(4)9-11(2)3/h11-13,16H,8-10H2,1-7H3,(H,18,19). The van der Waals surface area contributed by atoms with Gasteiger partial charge in [-0.15, -0.1) is 0 Å². The van der Waals surface area contributed by atoms with Crippen molar-refractivity contribution in [1.82, 2.24) is 10.2 Å². The van der Waals surface area contributed by atoms with Gasteiger partial charge >= 0.3 is 5.97 Å². The molecule has 3 unspecified atom stereocenters. The van der Waals surface area contributed by atoms with Crippen molar-refractivity contribution >= 4 is 5.97 Å². The van der Waals surface area contributed by atoms with Crippen molar-refractivity contribution in [2.24, 2.45) is 5.92 Å². The minimum atomic E-state index is -0.847. The minimum Gasteiger partial charge on any atom is -0.480 e. The largest absolute Gasteiger partial charge is 0.480 e. The second kappa shape index (κ2) is 7.85. The lowest BCUT2D eigenvalue weighted by Gasteiger charge is -2.36. The molecule has 0 radical (unpaired) electrons. The molecule has 0 heterocycles. The van der Waals surface area contributed by atoms with Crippen molar-refractivity contribution in [3.63, 3.8) is 0 Å². The highest BCUT2D eigenvalue weighted by Gasteiger charge is 2.35. The smallest absolute Gasteiger partial charge is 0.323 e. The molecule has 4 nitrogen and oxygen atoms in total. The summed E-state index contributed by atoms with van der Waals surface area (Å²) in [5.74, 6) is -0.115. The summed E-state index contributed by atoms with van der Waals surface area (Å²) in [6.45, 7) is 13.1. The normalized spacial score (nSPS) is 18.4. The Morgan fingerprint density at radius 2 is 1.79 bits per heavy atom. The third-order valence-corrected chi connectivity index (χ3v) is 3.95. The van der Waals surface area contributed by atoms with E-state index in [2.05, 4.69) is 45.0 Å². The number of hydrogen-bond acceptors (Lipinski definition) is 3. The van der Waals surface area contributed by atoms with Gasteiger partial charge in [0.1, 0.15) is 5.54 Å². The van der Waals surface area contributed by atoms with Gasteiger partial charge in [0.25, 0.3) is 0 Å². The first-order valence-electron chi connectivity index (χ1n) is 7.34. The summed E-state index contributed by atoms with van der Waals surface area (Å²) in [5, 5.41) is 12.5. The molecule has 0 aromatic carbocycles. The maximum absolute atomic E-state index is 11.4. The molecule has 0 aliphatic carbocycles. The second-order valence-electron chi connectivity index (χ2n) is 6.36. The zero-order chi connectivity index (χ0) is 15.2. The molecule has 0 aliphatic heterocycles. The number of likely N-dealkylation sites (N-methyl/N-ethyl adjacent to an activating group) is 1. The molecular weight excluding hydrogens is 240 g/mol. The van der Waals surface area contributed by atoms with Crippen molar-refractivity contribution in [2.75, 3.05) is 13.6 Å². The van der Waals surface area contributed by atoms with E-state index in [4.69, 9.17) is 0 Å². The Morgan fingerprint density at radius 1 is 1.26 bits per heavy atom. The molecule has 0 aliphatic rings. The van der Waals surface area contributed by atoms with Crippen molar-refractivity contribution < 1.29 is 9.90 Å². The van der Waals surface area contributed by atoms with E-state index in [0.717, 1.165) is 6.42 Å². The minimum absolute atomic E-state index is 0.230. The predicted molar refractivity (Wildman–Crippen MR) is 80.5 cm³/mol. The lowest BCUT2D eigenvalue weighted by molar-refractivity contribution is -0.145. The lowest BCUT2D eigenvalue weighted by atomic mass is 9.92. The van der Waals surface area contributed by atoms with E-state index in [1.54, 1.807) is 6.92 Å². The van der Waals surface area contributed by atoms with Gasteiger partial charge in [0.15, 0.2) is 0 Å². The van der Waals surface area contributed by atoms with Gasteiger partial charge in [-0.2, -0.15) is 0 Å². The molecule has 4 heteroatoms. The molecule has 0 bridgehead atoms. The number of carboxylic acid groups (broad SMARTS) is 1. The number of nitrogens with one attached hydrogen (secondary N) is 1. The fourth-order valence-electron chi connectivity index (χ4n) is 2.64. The summed E-state index contributed by atoms with van der Waals surface area (Å²) in [6.07, 6.45) is 1.74. The Kier molecular flexibility index (Phi) is 7.60. The van der Waals surface area contributed by atoms with Crippen LogP contribution >= 0.6 is 0 Å². The Hall–Kier alpha value is -0.610. The number of hydrogen-bond donors (Lipinski definition) is 2. The van der Waals surface area contributed by atoms with Crippen LogP contribution in [0, 0.1) is 5.92 Å². The average Bonchev–Trinajstić information content (AvgIpc) is 2.26. The summed E-state index contributed by atoms with van der Waals surface area (Å²) >= 11 is 0. The highest BCUT2D eigenvalue weighted by Crippen LogP contribution is 2.20. The van der Waals surface area contributed by atoms with Crippen LogP contribution in [0.4, 0.5) is 0 Å². The summed E-state index contributed by atoms with van der Waals surface area (Å²) in [4.78, 5) is 13.7. The maximum atomic E-state index is 11.4.